The third kappa shape index (κ3) is 6.89. The van der Waals surface area contributed by atoms with Gasteiger partial charge in [-0.2, -0.15) is 0 Å². The summed E-state index contributed by atoms with van der Waals surface area (Å²) in [5, 5.41) is 5.95. The summed E-state index contributed by atoms with van der Waals surface area (Å²) in [6.45, 7) is 4.17. The smallest absolute Gasteiger partial charge is 0.246 e. The molecule has 0 bridgehead atoms. The van der Waals surface area contributed by atoms with E-state index in [0.29, 0.717) is 24.3 Å². The molecule has 0 saturated carbocycles. The number of carbonyl (C=O) groups excluding carboxylic acids is 2. The molecule has 0 aromatic heterocycles. The quantitative estimate of drug-likeness (QED) is 0.479. The van der Waals surface area contributed by atoms with Crippen LogP contribution in [0.4, 0.5) is 11.4 Å². The Hall–Kier alpha value is -3.22. The Kier molecular flexibility index (Phi) is 9.62. The van der Waals surface area contributed by atoms with Crippen LogP contribution in [0, 0.1) is 0 Å². The van der Waals surface area contributed by atoms with E-state index in [-0.39, 0.29) is 18.2 Å². The number of hydrogen-bond acceptors (Lipinski definition) is 5. The summed E-state index contributed by atoms with van der Waals surface area (Å²) < 4.78 is 10.8. The van der Waals surface area contributed by atoms with Crippen molar-refractivity contribution in [3.63, 3.8) is 0 Å². The highest BCUT2D eigenvalue weighted by Gasteiger charge is 2.21. The molecule has 3 rings (SSSR count). The number of methoxy groups -OCH3 is 2. The second kappa shape index (κ2) is 12.9. The summed E-state index contributed by atoms with van der Waals surface area (Å²) >= 11 is 0. The largest absolute Gasteiger partial charge is 0.493 e. The van der Waals surface area contributed by atoms with E-state index in [1.807, 2.05) is 36.4 Å². The maximum absolute atomic E-state index is 13.1. The molecule has 0 spiro atoms. The molecule has 34 heavy (non-hydrogen) atoms. The molecular weight excluding hydrogens is 430 g/mol. The Labute approximate surface area is 202 Å². The molecule has 2 aromatic rings. The van der Waals surface area contributed by atoms with Crippen LogP contribution in [-0.4, -0.2) is 45.2 Å². The van der Waals surface area contributed by atoms with Gasteiger partial charge in [-0.1, -0.05) is 38.0 Å². The fourth-order valence-corrected chi connectivity index (χ4v) is 4.33. The van der Waals surface area contributed by atoms with Gasteiger partial charge in [-0.25, -0.2) is 0 Å². The third-order valence-electron chi connectivity index (χ3n) is 6.19. The number of rotatable bonds is 12. The topological polar surface area (TPSA) is 79.9 Å². The zero-order valence-electron chi connectivity index (χ0n) is 20.6. The van der Waals surface area contributed by atoms with Crippen molar-refractivity contribution in [1.29, 1.82) is 0 Å². The van der Waals surface area contributed by atoms with E-state index in [4.69, 9.17) is 9.47 Å². The summed E-state index contributed by atoms with van der Waals surface area (Å²) in [5.74, 6) is 0.930. The first kappa shape index (κ1) is 25.4. The second-order valence-electron chi connectivity index (χ2n) is 8.65. The molecule has 2 aromatic carbocycles. The van der Waals surface area contributed by atoms with Gasteiger partial charge in [0, 0.05) is 30.9 Å². The van der Waals surface area contributed by atoms with Gasteiger partial charge in [0.1, 0.15) is 6.04 Å². The zero-order chi connectivity index (χ0) is 24.3. The highest BCUT2D eigenvalue weighted by Crippen LogP contribution is 2.31. The Balaban J connectivity index is 1.61. The normalized spacial score (nSPS) is 13.9. The Morgan fingerprint density at radius 2 is 1.82 bits per heavy atom. The number of carbonyl (C=O) groups is 2. The number of anilines is 2. The number of ether oxygens (including phenoxy) is 2. The minimum Gasteiger partial charge on any atom is -0.493 e. The predicted molar refractivity (Wildman–Crippen MR) is 136 cm³/mol. The SMILES string of the molecule is CCCCC(NC(=O)CCc1cccc(OC)c1OC)C(=O)Nc1cccc(N2CCCC2)c1. The highest BCUT2D eigenvalue weighted by molar-refractivity contribution is 5.97. The van der Waals surface area contributed by atoms with Crippen molar-refractivity contribution < 1.29 is 19.1 Å². The first-order valence-corrected chi connectivity index (χ1v) is 12.2. The molecule has 1 unspecified atom stereocenters. The van der Waals surface area contributed by atoms with E-state index in [9.17, 15) is 9.59 Å². The molecule has 184 valence electrons. The minimum atomic E-state index is -0.574. The summed E-state index contributed by atoms with van der Waals surface area (Å²) in [6.07, 6.45) is 5.55. The number of aryl methyl sites for hydroxylation is 1. The van der Waals surface area contributed by atoms with Crippen LogP contribution in [-0.2, 0) is 16.0 Å². The van der Waals surface area contributed by atoms with E-state index in [1.54, 1.807) is 14.2 Å². The van der Waals surface area contributed by atoms with E-state index >= 15 is 0 Å². The molecule has 0 radical (unpaired) electrons. The fourth-order valence-electron chi connectivity index (χ4n) is 4.33. The minimum absolute atomic E-state index is 0.160. The lowest BCUT2D eigenvalue weighted by Gasteiger charge is -2.21. The number of nitrogens with zero attached hydrogens (tertiary/aromatic N) is 1. The predicted octanol–water partition coefficient (Wildman–Crippen LogP) is 4.55. The van der Waals surface area contributed by atoms with Gasteiger partial charge >= 0.3 is 0 Å². The van der Waals surface area contributed by atoms with Gasteiger partial charge in [0.05, 0.1) is 14.2 Å². The molecule has 1 atom stereocenters. The Morgan fingerprint density at radius 1 is 1.06 bits per heavy atom. The number of amides is 2. The van der Waals surface area contributed by atoms with Crippen molar-refractivity contribution in [3.05, 3.63) is 48.0 Å². The van der Waals surface area contributed by atoms with Crippen molar-refractivity contribution in [2.75, 3.05) is 37.5 Å². The van der Waals surface area contributed by atoms with Gasteiger partial charge in [0.25, 0.3) is 0 Å². The van der Waals surface area contributed by atoms with Crippen molar-refractivity contribution in [1.82, 2.24) is 5.32 Å². The fraction of sp³-hybridized carbons (Fsp3) is 0.481. The number of unbranched alkanes of at least 4 members (excludes halogenated alkanes) is 1. The molecule has 1 heterocycles. The third-order valence-corrected chi connectivity index (χ3v) is 6.19. The van der Waals surface area contributed by atoms with Crippen molar-refractivity contribution in [2.45, 2.75) is 57.9 Å². The van der Waals surface area contributed by atoms with E-state index in [1.165, 1.54) is 12.8 Å². The number of hydrogen-bond donors (Lipinski definition) is 2. The van der Waals surface area contributed by atoms with Crippen LogP contribution in [0.15, 0.2) is 42.5 Å². The van der Waals surface area contributed by atoms with Crippen LogP contribution < -0.4 is 25.0 Å². The Morgan fingerprint density at radius 3 is 2.53 bits per heavy atom. The van der Waals surface area contributed by atoms with Crippen LogP contribution in [0.2, 0.25) is 0 Å². The molecule has 7 nitrogen and oxygen atoms in total. The lowest BCUT2D eigenvalue weighted by molar-refractivity contribution is -0.126. The van der Waals surface area contributed by atoms with Crippen LogP contribution >= 0.6 is 0 Å². The van der Waals surface area contributed by atoms with E-state index in [0.717, 1.165) is 42.9 Å². The lowest BCUT2D eigenvalue weighted by Crippen LogP contribution is -2.43. The monoisotopic (exact) mass is 467 g/mol. The average molecular weight is 468 g/mol. The first-order chi connectivity index (χ1) is 16.5. The van der Waals surface area contributed by atoms with Gasteiger partial charge in [-0.15, -0.1) is 0 Å². The molecular formula is C27H37N3O4. The van der Waals surface area contributed by atoms with Crippen LogP contribution in [0.1, 0.15) is 51.0 Å². The molecule has 1 aliphatic rings. The molecule has 2 amide bonds. The molecule has 1 fully saturated rings. The van der Waals surface area contributed by atoms with Gasteiger partial charge in [0.2, 0.25) is 11.8 Å². The Bertz CT molecular complexity index is 957. The van der Waals surface area contributed by atoms with Crippen molar-refractivity contribution in [3.8, 4) is 11.5 Å². The van der Waals surface area contributed by atoms with Crippen LogP contribution in [0.3, 0.4) is 0 Å². The first-order valence-electron chi connectivity index (χ1n) is 12.2. The maximum atomic E-state index is 13.1. The van der Waals surface area contributed by atoms with Crippen LogP contribution in [0.5, 0.6) is 11.5 Å². The van der Waals surface area contributed by atoms with E-state index in [2.05, 4.69) is 28.5 Å². The van der Waals surface area contributed by atoms with Gasteiger partial charge in [0.15, 0.2) is 11.5 Å². The summed E-state index contributed by atoms with van der Waals surface area (Å²) in [7, 11) is 3.18. The molecule has 0 aliphatic carbocycles. The van der Waals surface area contributed by atoms with Gasteiger partial charge < -0.3 is 25.0 Å². The van der Waals surface area contributed by atoms with Crippen LogP contribution in [0.25, 0.3) is 0 Å². The van der Waals surface area contributed by atoms with E-state index < -0.39 is 6.04 Å². The highest BCUT2D eigenvalue weighted by atomic mass is 16.5. The molecule has 2 N–H and O–H groups in total. The summed E-state index contributed by atoms with van der Waals surface area (Å²) in [6, 6.07) is 13.0. The summed E-state index contributed by atoms with van der Waals surface area (Å²) in [5.41, 5.74) is 2.77. The van der Waals surface area contributed by atoms with Gasteiger partial charge in [-0.3, -0.25) is 9.59 Å². The standard InChI is InChI=1S/C27H37N3O4/c1-4-5-13-23(27(32)28-21-11-9-12-22(19-21)30-17-6-7-18-30)29-25(31)16-15-20-10-8-14-24(33-2)26(20)34-3/h8-12,14,19,23H,4-7,13,15-18H2,1-3H3,(H,28,32)(H,29,31). The molecule has 7 heteroatoms. The van der Waals surface area contributed by atoms with Gasteiger partial charge in [-0.05, 0) is 55.5 Å². The molecule has 1 aliphatic heterocycles. The average Bonchev–Trinajstić information content (AvgIpc) is 3.40. The van der Waals surface area contributed by atoms with Crippen molar-refractivity contribution >= 4 is 23.2 Å². The number of para-hydroxylation sites is 1. The second-order valence-corrected chi connectivity index (χ2v) is 8.65. The lowest BCUT2D eigenvalue weighted by atomic mass is 10.1. The summed E-state index contributed by atoms with van der Waals surface area (Å²) in [4.78, 5) is 28.2. The zero-order valence-corrected chi connectivity index (χ0v) is 20.6. The maximum Gasteiger partial charge on any atom is 0.246 e. The molecule has 1 saturated heterocycles. The number of benzene rings is 2. The number of nitrogens with one attached hydrogen (secondary N) is 2. The van der Waals surface area contributed by atoms with Crippen molar-refractivity contribution in [2.24, 2.45) is 0 Å².